The van der Waals surface area contributed by atoms with Crippen LogP contribution in [-0.2, 0) is 0 Å². The molecule has 4 aromatic rings. The molecule has 0 amide bonds. The molecule has 28 heavy (non-hydrogen) atoms. The molecule has 2 aromatic heterocycles. The Kier molecular flexibility index (Phi) is 4.68. The molecule has 0 fully saturated rings. The Morgan fingerprint density at radius 2 is 1.82 bits per heavy atom. The van der Waals surface area contributed by atoms with Gasteiger partial charge in [-0.05, 0) is 43.3 Å². The average Bonchev–Trinajstić information content (AvgIpc) is 3.17. The first kappa shape index (κ1) is 18.3. The second-order valence-electron chi connectivity index (χ2n) is 6.34. The van der Waals surface area contributed by atoms with Crippen LogP contribution in [0.3, 0.4) is 0 Å². The number of hydrogen-bond acceptors (Lipinski definition) is 6. The van der Waals surface area contributed by atoms with Gasteiger partial charge in [-0.1, -0.05) is 11.6 Å². The Morgan fingerprint density at radius 1 is 1.04 bits per heavy atom. The SMILES string of the molecule is CCN(C)c1nc2cc(Cl)ccc2c2nnc(-c3ccc(OC)c(OC)c3)n12. The van der Waals surface area contributed by atoms with Gasteiger partial charge in [0.05, 0.1) is 19.7 Å². The predicted octanol–water partition coefficient (Wildman–Crippen LogP) is 4.07. The van der Waals surface area contributed by atoms with Crippen molar-refractivity contribution in [3.05, 3.63) is 41.4 Å². The van der Waals surface area contributed by atoms with E-state index in [-0.39, 0.29) is 0 Å². The smallest absolute Gasteiger partial charge is 0.213 e. The molecule has 2 heterocycles. The van der Waals surface area contributed by atoms with Crippen LogP contribution in [0.15, 0.2) is 36.4 Å². The van der Waals surface area contributed by atoms with Gasteiger partial charge in [0.25, 0.3) is 0 Å². The zero-order valence-electron chi connectivity index (χ0n) is 16.1. The van der Waals surface area contributed by atoms with Crippen molar-refractivity contribution in [2.45, 2.75) is 6.92 Å². The number of nitrogens with zero attached hydrogens (tertiary/aromatic N) is 5. The third-order valence-corrected chi connectivity index (χ3v) is 4.98. The maximum Gasteiger partial charge on any atom is 0.213 e. The van der Waals surface area contributed by atoms with Gasteiger partial charge in [0, 0.05) is 29.6 Å². The van der Waals surface area contributed by atoms with Crippen molar-refractivity contribution in [3.63, 3.8) is 0 Å². The molecule has 0 bridgehead atoms. The molecular formula is C20H20ClN5O2. The van der Waals surface area contributed by atoms with Gasteiger partial charge in [-0.3, -0.25) is 0 Å². The number of aromatic nitrogens is 4. The third kappa shape index (κ3) is 2.88. The van der Waals surface area contributed by atoms with Crippen molar-refractivity contribution in [1.29, 1.82) is 0 Å². The molecule has 8 heteroatoms. The van der Waals surface area contributed by atoms with Gasteiger partial charge in [0.15, 0.2) is 23.0 Å². The molecule has 0 atom stereocenters. The summed E-state index contributed by atoms with van der Waals surface area (Å²) in [6.07, 6.45) is 0. The quantitative estimate of drug-likeness (QED) is 0.505. The number of rotatable bonds is 5. The van der Waals surface area contributed by atoms with Crippen LogP contribution in [0.4, 0.5) is 5.95 Å². The summed E-state index contributed by atoms with van der Waals surface area (Å²) in [5, 5.41) is 10.4. The van der Waals surface area contributed by atoms with Crippen LogP contribution in [0.5, 0.6) is 11.5 Å². The lowest BCUT2D eigenvalue weighted by Gasteiger charge is -2.19. The van der Waals surface area contributed by atoms with Crippen molar-refractivity contribution in [3.8, 4) is 22.9 Å². The summed E-state index contributed by atoms with van der Waals surface area (Å²) >= 11 is 6.18. The number of ether oxygens (including phenoxy) is 2. The maximum atomic E-state index is 6.18. The number of anilines is 1. The van der Waals surface area contributed by atoms with Crippen LogP contribution in [0.1, 0.15) is 6.92 Å². The van der Waals surface area contributed by atoms with E-state index >= 15 is 0 Å². The minimum Gasteiger partial charge on any atom is -0.493 e. The summed E-state index contributed by atoms with van der Waals surface area (Å²) in [6, 6.07) is 11.3. The Hall–Kier alpha value is -3.06. The summed E-state index contributed by atoms with van der Waals surface area (Å²) in [5.41, 5.74) is 2.36. The second kappa shape index (κ2) is 7.16. The molecule has 0 saturated carbocycles. The highest BCUT2D eigenvalue weighted by molar-refractivity contribution is 6.31. The molecular weight excluding hydrogens is 378 g/mol. The van der Waals surface area contributed by atoms with Gasteiger partial charge in [0.1, 0.15) is 0 Å². The van der Waals surface area contributed by atoms with E-state index in [0.29, 0.717) is 22.3 Å². The van der Waals surface area contributed by atoms with E-state index in [1.807, 2.05) is 52.7 Å². The van der Waals surface area contributed by atoms with E-state index in [4.69, 9.17) is 26.1 Å². The molecule has 144 valence electrons. The molecule has 0 aliphatic carbocycles. The average molecular weight is 398 g/mol. The lowest BCUT2D eigenvalue weighted by molar-refractivity contribution is 0.355. The summed E-state index contributed by atoms with van der Waals surface area (Å²) < 4.78 is 12.7. The van der Waals surface area contributed by atoms with E-state index in [1.54, 1.807) is 14.2 Å². The molecule has 0 spiro atoms. The van der Waals surface area contributed by atoms with Crippen molar-refractivity contribution >= 4 is 34.1 Å². The van der Waals surface area contributed by atoms with Crippen LogP contribution in [-0.4, -0.2) is 47.4 Å². The van der Waals surface area contributed by atoms with Gasteiger partial charge in [-0.2, -0.15) is 0 Å². The first-order chi connectivity index (χ1) is 13.6. The van der Waals surface area contributed by atoms with Crippen LogP contribution in [0.25, 0.3) is 27.9 Å². The third-order valence-electron chi connectivity index (χ3n) is 4.74. The molecule has 4 rings (SSSR count). The molecule has 2 aromatic carbocycles. The van der Waals surface area contributed by atoms with Crippen LogP contribution in [0, 0.1) is 0 Å². The molecule has 0 N–H and O–H groups in total. The molecule has 0 unspecified atom stereocenters. The van der Waals surface area contributed by atoms with Crippen molar-refractivity contribution in [1.82, 2.24) is 19.6 Å². The van der Waals surface area contributed by atoms with E-state index in [1.165, 1.54) is 0 Å². The second-order valence-corrected chi connectivity index (χ2v) is 6.78. The molecule has 0 radical (unpaired) electrons. The number of hydrogen-bond donors (Lipinski definition) is 0. The highest BCUT2D eigenvalue weighted by atomic mass is 35.5. The normalized spacial score (nSPS) is 11.2. The van der Waals surface area contributed by atoms with Crippen LogP contribution >= 0.6 is 11.6 Å². The lowest BCUT2D eigenvalue weighted by atomic mass is 10.2. The minimum atomic E-state index is 0.627. The number of fused-ring (bicyclic) bond motifs is 3. The number of methoxy groups -OCH3 is 2. The zero-order valence-corrected chi connectivity index (χ0v) is 16.9. The summed E-state index contributed by atoms with van der Waals surface area (Å²) in [5.74, 6) is 2.70. The summed E-state index contributed by atoms with van der Waals surface area (Å²) in [6.45, 7) is 2.84. The minimum absolute atomic E-state index is 0.627. The molecule has 0 aliphatic heterocycles. The maximum absolute atomic E-state index is 6.18. The van der Waals surface area contributed by atoms with Crippen molar-refractivity contribution < 1.29 is 9.47 Å². The van der Waals surface area contributed by atoms with E-state index in [0.717, 1.165) is 34.6 Å². The predicted molar refractivity (Wildman–Crippen MR) is 111 cm³/mol. The Labute approximate surface area is 167 Å². The van der Waals surface area contributed by atoms with E-state index in [9.17, 15) is 0 Å². The van der Waals surface area contributed by atoms with Gasteiger partial charge < -0.3 is 14.4 Å². The topological polar surface area (TPSA) is 64.8 Å². The molecule has 0 saturated heterocycles. The zero-order chi connectivity index (χ0) is 19.8. The summed E-state index contributed by atoms with van der Waals surface area (Å²) in [4.78, 5) is 6.88. The first-order valence-corrected chi connectivity index (χ1v) is 9.23. The fourth-order valence-electron chi connectivity index (χ4n) is 3.15. The number of halogens is 1. The van der Waals surface area contributed by atoms with Gasteiger partial charge in [-0.15, -0.1) is 10.2 Å². The van der Waals surface area contributed by atoms with Crippen LogP contribution < -0.4 is 14.4 Å². The fourth-order valence-corrected chi connectivity index (χ4v) is 3.32. The van der Waals surface area contributed by atoms with Gasteiger partial charge >= 0.3 is 0 Å². The highest BCUT2D eigenvalue weighted by Crippen LogP contribution is 2.34. The highest BCUT2D eigenvalue weighted by Gasteiger charge is 2.19. The Bertz CT molecular complexity index is 1170. The van der Waals surface area contributed by atoms with Crippen molar-refractivity contribution in [2.75, 3.05) is 32.7 Å². The Morgan fingerprint density at radius 3 is 2.54 bits per heavy atom. The Balaban J connectivity index is 2.04. The number of benzene rings is 2. The largest absolute Gasteiger partial charge is 0.493 e. The van der Waals surface area contributed by atoms with Gasteiger partial charge in [0.2, 0.25) is 5.95 Å². The monoisotopic (exact) mass is 397 g/mol. The molecule has 0 aliphatic rings. The fraction of sp³-hybridized carbons (Fsp3) is 0.250. The van der Waals surface area contributed by atoms with E-state index < -0.39 is 0 Å². The van der Waals surface area contributed by atoms with Crippen molar-refractivity contribution in [2.24, 2.45) is 0 Å². The van der Waals surface area contributed by atoms with Gasteiger partial charge in [-0.25, -0.2) is 9.38 Å². The van der Waals surface area contributed by atoms with Crippen LogP contribution in [0.2, 0.25) is 5.02 Å². The lowest BCUT2D eigenvalue weighted by Crippen LogP contribution is -2.21. The summed E-state index contributed by atoms with van der Waals surface area (Å²) in [7, 11) is 5.20. The van der Waals surface area contributed by atoms with E-state index in [2.05, 4.69) is 17.1 Å². The molecule has 7 nitrogen and oxygen atoms in total. The first-order valence-electron chi connectivity index (χ1n) is 8.85. The standard InChI is InChI=1S/C20H20ClN5O2/c1-5-25(2)20-22-15-11-13(21)7-8-14(15)19-24-23-18(26(19)20)12-6-9-16(27-3)17(10-12)28-4/h6-11H,5H2,1-4H3.